The first-order chi connectivity index (χ1) is 6.63. The van der Waals surface area contributed by atoms with Crippen LogP contribution >= 0.6 is 0 Å². The summed E-state index contributed by atoms with van der Waals surface area (Å²) in [6.07, 6.45) is 0.508. The molecular formula is C11H14N2O. The Morgan fingerprint density at radius 1 is 1.21 bits per heavy atom. The molecule has 0 aliphatic rings. The highest BCUT2D eigenvalue weighted by atomic mass is 16.5. The van der Waals surface area contributed by atoms with Crippen molar-refractivity contribution in [2.75, 3.05) is 0 Å². The van der Waals surface area contributed by atoms with Crippen LogP contribution in [0.15, 0.2) is 24.3 Å². The van der Waals surface area contributed by atoms with Gasteiger partial charge in [0.05, 0.1) is 0 Å². The third-order valence-electron chi connectivity index (χ3n) is 1.86. The van der Waals surface area contributed by atoms with Crippen molar-refractivity contribution < 1.29 is 4.74 Å². The van der Waals surface area contributed by atoms with E-state index in [1.807, 2.05) is 38.1 Å². The fraction of sp³-hybridized carbons (Fsp3) is 0.273. The van der Waals surface area contributed by atoms with E-state index in [9.17, 15) is 0 Å². The molecule has 0 bridgehead atoms. The first-order valence-corrected chi connectivity index (χ1v) is 4.54. The maximum absolute atomic E-state index is 7.57. The van der Waals surface area contributed by atoms with Gasteiger partial charge >= 0.3 is 0 Å². The minimum atomic E-state index is 0.0388. The maximum Gasteiger partial charge on any atom is 0.220 e. The Kier molecular flexibility index (Phi) is 3.40. The predicted molar refractivity (Wildman–Crippen MR) is 57.1 cm³/mol. The smallest absolute Gasteiger partial charge is 0.220 e. The molecule has 0 unspecified atom stereocenters. The molecule has 0 aliphatic carbocycles. The lowest BCUT2D eigenvalue weighted by Crippen LogP contribution is -2.10. The van der Waals surface area contributed by atoms with Crippen LogP contribution in [0.25, 0.3) is 0 Å². The first kappa shape index (κ1) is 10.4. The average Bonchev–Trinajstić information content (AvgIpc) is 2.18. The zero-order valence-electron chi connectivity index (χ0n) is 8.42. The number of rotatable bonds is 2. The predicted octanol–water partition coefficient (Wildman–Crippen LogP) is 2.72. The lowest BCUT2D eigenvalue weighted by atomic mass is 10.1. The van der Waals surface area contributed by atoms with E-state index in [4.69, 9.17) is 15.6 Å². The van der Waals surface area contributed by atoms with Crippen molar-refractivity contribution in [3.8, 4) is 0 Å². The molecule has 3 nitrogen and oxygen atoms in total. The van der Waals surface area contributed by atoms with Crippen LogP contribution in [-0.2, 0) is 4.74 Å². The van der Waals surface area contributed by atoms with Crippen LogP contribution in [0.2, 0.25) is 0 Å². The molecular weight excluding hydrogens is 176 g/mol. The van der Waals surface area contributed by atoms with E-state index in [2.05, 4.69) is 0 Å². The second-order valence-electron chi connectivity index (χ2n) is 3.07. The molecule has 0 atom stereocenters. The summed E-state index contributed by atoms with van der Waals surface area (Å²) in [6.45, 7) is 3.81. The highest BCUT2D eigenvalue weighted by Crippen LogP contribution is 2.05. The van der Waals surface area contributed by atoms with Crippen molar-refractivity contribution in [1.82, 2.24) is 0 Å². The van der Waals surface area contributed by atoms with Crippen molar-refractivity contribution in [2.45, 2.75) is 20.3 Å². The molecule has 0 amide bonds. The van der Waals surface area contributed by atoms with E-state index in [0.29, 0.717) is 12.0 Å². The number of ether oxygens (including phenoxy) is 1. The highest BCUT2D eigenvalue weighted by Gasteiger charge is 2.04. The third kappa shape index (κ3) is 2.69. The summed E-state index contributed by atoms with van der Waals surface area (Å²) in [6, 6.07) is 7.48. The van der Waals surface area contributed by atoms with Crippen molar-refractivity contribution in [3.05, 3.63) is 35.4 Å². The van der Waals surface area contributed by atoms with Crippen LogP contribution in [-0.4, -0.2) is 11.8 Å². The standard InChI is InChI=1S/C11H14N2O/c1-3-10(12)14-11(13)9-6-4-8(2)5-7-9/h4-7,12-13H,3H2,1-2H3. The molecule has 0 radical (unpaired) electrons. The van der Waals surface area contributed by atoms with Crippen LogP contribution in [0.5, 0.6) is 0 Å². The van der Waals surface area contributed by atoms with Crippen molar-refractivity contribution in [2.24, 2.45) is 0 Å². The molecule has 0 spiro atoms. The van der Waals surface area contributed by atoms with E-state index in [1.54, 1.807) is 0 Å². The van der Waals surface area contributed by atoms with E-state index in [1.165, 1.54) is 0 Å². The number of aryl methyl sites for hydroxylation is 1. The highest BCUT2D eigenvalue weighted by molar-refractivity contribution is 5.99. The van der Waals surface area contributed by atoms with Gasteiger partial charge in [-0.15, -0.1) is 0 Å². The Morgan fingerprint density at radius 3 is 2.29 bits per heavy atom. The molecule has 1 aromatic rings. The Labute approximate surface area is 83.7 Å². The fourth-order valence-corrected chi connectivity index (χ4v) is 0.959. The zero-order valence-corrected chi connectivity index (χ0v) is 8.42. The SMILES string of the molecule is CCC(=N)OC(=N)c1ccc(C)cc1. The topological polar surface area (TPSA) is 56.9 Å². The summed E-state index contributed by atoms with van der Waals surface area (Å²) in [5.41, 5.74) is 1.85. The first-order valence-electron chi connectivity index (χ1n) is 4.54. The number of nitrogens with one attached hydrogen (secondary N) is 2. The second kappa shape index (κ2) is 4.56. The van der Waals surface area contributed by atoms with Gasteiger partial charge in [-0.25, -0.2) is 0 Å². The summed E-state index contributed by atoms with van der Waals surface area (Å²) in [7, 11) is 0. The number of hydrogen-bond donors (Lipinski definition) is 2. The van der Waals surface area contributed by atoms with Crippen molar-refractivity contribution in [3.63, 3.8) is 0 Å². The quantitative estimate of drug-likeness (QED) is 0.546. The Hall–Kier alpha value is -1.64. The Morgan fingerprint density at radius 2 is 1.79 bits per heavy atom. The second-order valence-corrected chi connectivity index (χ2v) is 3.07. The number of benzene rings is 1. The maximum atomic E-state index is 7.57. The minimum Gasteiger partial charge on any atom is -0.425 e. The van der Waals surface area contributed by atoms with Crippen LogP contribution in [0.3, 0.4) is 0 Å². The van der Waals surface area contributed by atoms with E-state index >= 15 is 0 Å². The van der Waals surface area contributed by atoms with Gasteiger partial charge in [-0.05, 0) is 19.1 Å². The van der Waals surface area contributed by atoms with Crippen LogP contribution < -0.4 is 0 Å². The van der Waals surface area contributed by atoms with E-state index in [-0.39, 0.29) is 11.8 Å². The number of hydrogen-bond acceptors (Lipinski definition) is 3. The minimum absolute atomic E-state index is 0.0388. The van der Waals surface area contributed by atoms with Gasteiger partial charge in [0.1, 0.15) is 0 Å². The van der Waals surface area contributed by atoms with Crippen molar-refractivity contribution in [1.29, 1.82) is 10.8 Å². The Balaban J connectivity index is 2.70. The molecule has 14 heavy (non-hydrogen) atoms. The molecule has 0 fully saturated rings. The van der Waals surface area contributed by atoms with Crippen LogP contribution in [0, 0.1) is 17.7 Å². The van der Waals surface area contributed by atoms with E-state index in [0.717, 1.165) is 5.56 Å². The van der Waals surface area contributed by atoms with Gasteiger partial charge in [0.2, 0.25) is 5.90 Å². The lowest BCUT2D eigenvalue weighted by molar-refractivity contribution is 0.520. The monoisotopic (exact) mass is 190 g/mol. The van der Waals surface area contributed by atoms with Gasteiger partial charge < -0.3 is 4.74 Å². The summed E-state index contributed by atoms with van der Waals surface area (Å²) < 4.78 is 4.99. The summed E-state index contributed by atoms with van der Waals surface area (Å²) in [5.74, 6) is 0.160. The molecule has 0 saturated heterocycles. The zero-order chi connectivity index (χ0) is 10.6. The Bertz CT molecular complexity index is 341. The summed E-state index contributed by atoms with van der Waals surface area (Å²) in [4.78, 5) is 0. The lowest BCUT2D eigenvalue weighted by Gasteiger charge is -2.06. The van der Waals surface area contributed by atoms with Gasteiger partial charge in [0.25, 0.3) is 0 Å². The summed E-state index contributed by atoms with van der Waals surface area (Å²) >= 11 is 0. The third-order valence-corrected chi connectivity index (χ3v) is 1.86. The van der Waals surface area contributed by atoms with E-state index < -0.39 is 0 Å². The van der Waals surface area contributed by atoms with Gasteiger partial charge in [0, 0.05) is 12.0 Å². The molecule has 1 rings (SSSR count). The average molecular weight is 190 g/mol. The van der Waals surface area contributed by atoms with Gasteiger partial charge in [-0.1, -0.05) is 24.6 Å². The molecule has 1 aromatic carbocycles. The van der Waals surface area contributed by atoms with Crippen molar-refractivity contribution >= 4 is 11.8 Å². The van der Waals surface area contributed by atoms with Crippen LogP contribution in [0.4, 0.5) is 0 Å². The molecule has 74 valence electrons. The molecule has 0 heterocycles. The van der Waals surface area contributed by atoms with Gasteiger partial charge in [-0.3, -0.25) is 10.8 Å². The normalized spacial score (nSPS) is 9.57. The molecule has 2 N–H and O–H groups in total. The van der Waals surface area contributed by atoms with Gasteiger partial charge in [0.15, 0.2) is 5.90 Å². The molecule has 0 aliphatic heterocycles. The van der Waals surface area contributed by atoms with Crippen LogP contribution in [0.1, 0.15) is 24.5 Å². The van der Waals surface area contributed by atoms with Gasteiger partial charge in [-0.2, -0.15) is 0 Å². The molecule has 0 aromatic heterocycles. The summed E-state index contributed by atoms with van der Waals surface area (Å²) in [5, 5.41) is 14.9. The largest absolute Gasteiger partial charge is 0.425 e. The molecule has 3 heteroatoms. The fourth-order valence-electron chi connectivity index (χ4n) is 0.959. The molecule has 0 saturated carbocycles.